The van der Waals surface area contributed by atoms with Gasteiger partial charge in [-0.1, -0.05) is 32.8 Å². The Bertz CT molecular complexity index is 484. The highest BCUT2D eigenvalue weighted by atomic mass is 14.7. The minimum Gasteiger partial charge on any atom is -0.330 e. The number of fused-ring (bicyclic) bond motifs is 5. The van der Waals surface area contributed by atoms with Crippen molar-refractivity contribution in [3.8, 4) is 0 Å². The fraction of sp³-hybridized carbons (Fsp3) is 0.913. The molecule has 136 valence electrons. The van der Waals surface area contributed by atoms with Gasteiger partial charge in [0.05, 0.1) is 0 Å². The summed E-state index contributed by atoms with van der Waals surface area (Å²) in [7, 11) is 0. The summed E-state index contributed by atoms with van der Waals surface area (Å²) >= 11 is 0. The third-order valence-corrected chi connectivity index (χ3v) is 9.52. The topological polar surface area (TPSA) is 26.0 Å². The van der Waals surface area contributed by atoms with Gasteiger partial charge in [-0.15, -0.1) is 6.58 Å². The zero-order chi connectivity index (χ0) is 16.9. The Kier molecular flexibility index (Phi) is 4.39. The van der Waals surface area contributed by atoms with Crippen molar-refractivity contribution in [1.29, 1.82) is 0 Å². The maximum absolute atomic E-state index is 6.21. The maximum atomic E-state index is 6.21. The molecule has 24 heavy (non-hydrogen) atoms. The molecule has 2 N–H and O–H groups in total. The van der Waals surface area contributed by atoms with Crippen molar-refractivity contribution in [2.45, 2.75) is 78.1 Å². The zero-order valence-corrected chi connectivity index (χ0v) is 16.1. The molecule has 0 bridgehead atoms. The molecule has 0 aromatic heterocycles. The van der Waals surface area contributed by atoms with Gasteiger partial charge in [-0.3, -0.25) is 0 Å². The van der Waals surface area contributed by atoms with Gasteiger partial charge in [0.15, 0.2) is 0 Å². The summed E-state index contributed by atoms with van der Waals surface area (Å²) in [5, 5.41) is 0. The quantitative estimate of drug-likeness (QED) is 0.637. The molecule has 0 radical (unpaired) electrons. The van der Waals surface area contributed by atoms with Gasteiger partial charge in [0.1, 0.15) is 0 Å². The third-order valence-electron chi connectivity index (χ3n) is 9.52. The van der Waals surface area contributed by atoms with Gasteiger partial charge in [0.25, 0.3) is 0 Å². The molecule has 4 aliphatic rings. The molecule has 4 fully saturated rings. The summed E-state index contributed by atoms with van der Waals surface area (Å²) in [6, 6.07) is 0. The first-order valence-electron chi connectivity index (χ1n) is 10.9. The second kappa shape index (κ2) is 6.15. The minimum atomic E-state index is 0.481. The SMILES string of the molecule is C=C[C@]12CC[C@@H]3C(CC[C@@]4(C)C3CCC[C@@H]4CN)[C@H]1CC[C@H](C)C2. The van der Waals surface area contributed by atoms with E-state index in [0.717, 1.165) is 42.1 Å². The van der Waals surface area contributed by atoms with Crippen molar-refractivity contribution in [2.75, 3.05) is 6.54 Å². The average molecular weight is 330 g/mol. The van der Waals surface area contributed by atoms with Gasteiger partial charge in [-0.2, -0.15) is 0 Å². The number of allylic oxidation sites excluding steroid dienone is 1. The molecule has 4 rings (SSSR count). The van der Waals surface area contributed by atoms with E-state index in [0.29, 0.717) is 10.8 Å². The Morgan fingerprint density at radius 3 is 2.50 bits per heavy atom. The smallest absolute Gasteiger partial charge is 0.00436 e. The van der Waals surface area contributed by atoms with Crippen LogP contribution in [0.25, 0.3) is 0 Å². The van der Waals surface area contributed by atoms with E-state index in [1.807, 2.05) is 0 Å². The molecule has 0 aliphatic heterocycles. The van der Waals surface area contributed by atoms with Crippen LogP contribution in [0.3, 0.4) is 0 Å². The highest BCUT2D eigenvalue weighted by molar-refractivity contribution is 5.12. The van der Waals surface area contributed by atoms with Gasteiger partial charge in [0.2, 0.25) is 0 Å². The van der Waals surface area contributed by atoms with E-state index in [1.165, 1.54) is 64.2 Å². The van der Waals surface area contributed by atoms with Gasteiger partial charge >= 0.3 is 0 Å². The molecule has 1 heteroatoms. The van der Waals surface area contributed by atoms with E-state index in [2.05, 4.69) is 26.5 Å². The zero-order valence-electron chi connectivity index (χ0n) is 16.1. The van der Waals surface area contributed by atoms with E-state index in [4.69, 9.17) is 5.73 Å². The van der Waals surface area contributed by atoms with Crippen LogP contribution in [-0.4, -0.2) is 6.54 Å². The first-order valence-corrected chi connectivity index (χ1v) is 10.9. The number of hydrogen-bond donors (Lipinski definition) is 1. The fourth-order valence-electron chi connectivity index (χ4n) is 8.28. The summed E-state index contributed by atoms with van der Waals surface area (Å²) in [5.74, 6) is 5.56. The molecule has 0 amide bonds. The van der Waals surface area contributed by atoms with Gasteiger partial charge < -0.3 is 5.73 Å². The maximum Gasteiger partial charge on any atom is -0.00436 e. The molecular formula is C23H39N. The molecule has 1 nitrogen and oxygen atoms in total. The first kappa shape index (κ1) is 17.1. The lowest BCUT2D eigenvalue weighted by molar-refractivity contribution is -0.124. The van der Waals surface area contributed by atoms with Crippen molar-refractivity contribution >= 4 is 0 Å². The standard InChI is InChI=1S/C23H39N/c1-4-23-13-11-18-19(21(23)9-8-16(2)14-23)10-12-22(3)17(15-24)6-5-7-20(18)22/h4,16-21H,1,5-15,24H2,2-3H3/t16-,17+,18+,19?,20?,21+,22+,23+/m0/s1. The minimum absolute atomic E-state index is 0.481. The molecule has 4 aliphatic carbocycles. The van der Waals surface area contributed by atoms with Gasteiger partial charge in [0, 0.05) is 0 Å². The van der Waals surface area contributed by atoms with Crippen molar-refractivity contribution in [1.82, 2.24) is 0 Å². The highest BCUT2D eigenvalue weighted by Gasteiger charge is 2.57. The van der Waals surface area contributed by atoms with Crippen LogP contribution < -0.4 is 5.73 Å². The van der Waals surface area contributed by atoms with E-state index in [1.54, 1.807) is 0 Å². The number of nitrogens with two attached hydrogens (primary N) is 1. The van der Waals surface area contributed by atoms with Crippen molar-refractivity contribution in [2.24, 2.45) is 52.1 Å². The van der Waals surface area contributed by atoms with E-state index in [9.17, 15) is 0 Å². The molecule has 0 saturated heterocycles. The van der Waals surface area contributed by atoms with Crippen LogP contribution in [0.4, 0.5) is 0 Å². The highest BCUT2D eigenvalue weighted by Crippen LogP contribution is 2.66. The van der Waals surface area contributed by atoms with E-state index in [-0.39, 0.29) is 0 Å². The molecule has 0 heterocycles. The van der Waals surface area contributed by atoms with Crippen LogP contribution in [0.2, 0.25) is 0 Å². The van der Waals surface area contributed by atoms with Crippen LogP contribution in [0.5, 0.6) is 0 Å². The predicted octanol–water partition coefficient (Wildman–Crippen LogP) is 5.80. The molecular weight excluding hydrogens is 290 g/mol. The lowest BCUT2D eigenvalue weighted by atomic mass is 9.42. The Labute approximate surface area is 149 Å². The van der Waals surface area contributed by atoms with Crippen LogP contribution in [0.15, 0.2) is 12.7 Å². The molecule has 8 atom stereocenters. The van der Waals surface area contributed by atoms with Crippen LogP contribution in [0, 0.1) is 46.3 Å². The van der Waals surface area contributed by atoms with Crippen LogP contribution in [-0.2, 0) is 0 Å². The van der Waals surface area contributed by atoms with E-state index < -0.39 is 0 Å². The number of rotatable bonds is 2. The second-order valence-corrected chi connectivity index (χ2v) is 10.3. The fourth-order valence-corrected chi connectivity index (χ4v) is 8.28. The molecule has 4 saturated carbocycles. The number of hydrogen-bond acceptors (Lipinski definition) is 1. The largest absolute Gasteiger partial charge is 0.330 e. The molecule has 0 aromatic rings. The summed E-state index contributed by atoms with van der Waals surface area (Å²) in [6.45, 7) is 10.3. The normalized spacial score (nSPS) is 54.3. The van der Waals surface area contributed by atoms with E-state index >= 15 is 0 Å². The van der Waals surface area contributed by atoms with Crippen LogP contribution in [0.1, 0.15) is 78.1 Å². The second-order valence-electron chi connectivity index (χ2n) is 10.3. The summed E-state index contributed by atoms with van der Waals surface area (Å²) < 4.78 is 0. The molecule has 0 spiro atoms. The summed E-state index contributed by atoms with van der Waals surface area (Å²) in [5.41, 5.74) is 7.24. The Morgan fingerprint density at radius 1 is 1.00 bits per heavy atom. The lowest BCUT2D eigenvalue weighted by Gasteiger charge is -2.63. The third kappa shape index (κ3) is 2.37. The first-order chi connectivity index (χ1) is 11.5. The van der Waals surface area contributed by atoms with Gasteiger partial charge in [-0.25, -0.2) is 0 Å². The Morgan fingerprint density at radius 2 is 1.75 bits per heavy atom. The van der Waals surface area contributed by atoms with Gasteiger partial charge in [-0.05, 0) is 104 Å². The Balaban J connectivity index is 1.62. The lowest BCUT2D eigenvalue weighted by Crippen LogP contribution is -2.55. The van der Waals surface area contributed by atoms with Crippen LogP contribution >= 0.6 is 0 Å². The predicted molar refractivity (Wildman–Crippen MR) is 103 cm³/mol. The molecule has 2 unspecified atom stereocenters. The average Bonchev–Trinajstić information content (AvgIpc) is 2.59. The summed E-state index contributed by atoms with van der Waals surface area (Å²) in [4.78, 5) is 0. The van der Waals surface area contributed by atoms with Crippen molar-refractivity contribution < 1.29 is 0 Å². The molecule has 0 aromatic carbocycles. The summed E-state index contributed by atoms with van der Waals surface area (Å²) in [6.07, 6.45) is 16.9. The Hall–Kier alpha value is -0.300. The van der Waals surface area contributed by atoms with Crippen molar-refractivity contribution in [3.63, 3.8) is 0 Å². The van der Waals surface area contributed by atoms with Crippen molar-refractivity contribution in [3.05, 3.63) is 12.7 Å². The monoisotopic (exact) mass is 329 g/mol.